The third-order valence-electron chi connectivity index (χ3n) is 4.30. The van der Waals surface area contributed by atoms with Crippen LogP contribution in [0, 0.1) is 5.92 Å². The first kappa shape index (κ1) is 18.9. The summed E-state index contributed by atoms with van der Waals surface area (Å²) in [7, 11) is -1.60. The van der Waals surface area contributed by atoms with E-state index >= 15 is 0 Å². The topological polar surface area (TPSA) is 57.7 Å². The largest absolute Gasteiger partial charge is 0.345 e. The molecule has 0 aromatic heterocycles. The van der Waals surface area contributed by atoms with E-state index in [4.69, 9.17) is 0 Å². The number of sulfonamides is 1. The number of hydrogen-bond acceptors (Lipinski definition) is 3. The molecule has 1 aliphatic heterocycles. The maximum atomic E-state index is 12.6. The Kier molecular flexibility index (Phi) is 6.40. The number of carbonyl (C=O) groups excluding carboxylic acids is 1. The van der Waals surface area contributed by atoms with E-state index in [1.54, 1.807) is 40.5 Å². The van der Waals surface area contributed by atoms with Crippen molar-refractivity contribution >= 4 is 15.9 Å². The van der Waals surface area contributed by atoms with Gasteiger partial charge in [-0.05, 0) is 36.5 Å². The fraction of sp³-hybridized carbons (Fsp3) is 0.611. The zero-order valence-electron chi connectivity index (χ0n) is 14.9. The molecule has 0 bridgehead atoms. The van der Waals surface area contributed by atoms with Gasteiger partial charge in [-0.25, -0.2) is 8.42 Å². The van der Waals surface area contributed by atoms with Crippen LogP contribution >= 0.6 is 0 Å². The molecular formula is C18H28N2O3S. The number of amides is 1. The molecule has 1 fully saturated rings. The molecule has 5 nitrogen and oxygen atoms in total. The van der Waals surface area contributed by atoms with Gasteiger partial charge in [0.15, 0.2) is 0 Å². The Balaban J connectivity index is 2.03. The predicted molar refractivity (Wildman–Crippen MR) is 95.2 cm³/mol. The van der Waals surface area contributed by atoms with Crippen LogP contribution in [0.15, 0.2) is 29.2 Å². The molecule has 0 spiro atoms. The average Bonchev–Trinajstić information content (AvgIpc) is 2.55. The molecule has 0 unspecified atom stereocenters. The standard InChI is InChI=1S/C18H28N2O3S/c1-15(2)14-19(3)18(21)13-16-7-9-17(10-8-16)24(22,23)20-11-5-4-6-12-20/h7-10,15H,4-6,11-14H2,1-3H3. The van der Waals surface area contributed by atoms with Gasteiger partial charge in [-0.1, -0.05) is 32.4 Å². The Labute approximate surface area is 145 Å². The molecule has 0 atom stereocenters. The van der Waals surface area contributed by atoms with Crippen molar-refractivity contribution in [1.29, 1.82) is 0 Å². The van der Waals surface area contributed by atoms with Crippen molar-refractivity contribution in [3.8, 4) is 0 Å². The number of hydrogen-bond donors (Lipinski definition) is 0. The molecule has 24 heavy (non-hydrogen) atoms. The van der Waals surface area contributed by atoms with Crippen LogP contribution in [-0.2, 0) is 21.2 Å². The molecule has 1 aliphatic rings. The van der Waals surface area contributed by atoms with E-state index in [0.29, 0.717) is 30.3 Å². The fourth-order valence-corrected chi connectivity index (χ4v) is 4.51. The lowest BCUT2D eigenvalue weighted by molar-refractivity contribution is -0.129. The Bertz CT molecular complexity index is 647. The van der Waals surface area contributed by atoms with E-state index < -0.39 is 10.0 Å². The van der Waals surface area contributed by atoms with E-state index in [-0.39, 0.29) is 5.91 Å². The van der Waals surface area contributed by atoms with Crippen LogP contribution in [0.25, 0.3) is 0 Å². The van der Waals surface area contributed by atoms with Crippen LogP contribution in [0.4, 0.5) is 0 Å². The zero-order valence-corrected chi connectivity index (χ0v) is 15.7. The second-order valence-corrected chi connectivity index (χ2v) is 8.89. The van der Waals surface area contributed by atoms with Crippen LogP contribution in [0.3, 0.4) is 0 Å². The second-order valence-electron chi connectivity index (χ2n) is 6.95. The summed E-state index contributed by atoms with van der Waals surface area (Å²) in [6.07, 6.45) is 3.24. The Morgan fingerprint density at radius 3 is 2.25 bits per heavy atom. The van der Waals surface area contributed by atoms with Gasteiger partial charge >= 0.3 is 0 Å². The summed E-state index contributed by atoms with van der Waals surface area (Å²) in [6.45, 7) is 6.07. The van der Waals surface area contributed by atoms with E-state index in [2.05, 4.69) is 13.8 Å². The summed E-state index contributed by atoms with van der Waals surface area (Å²) < 4.78 is 26.8. The van der Waals surface area contributed by atoms with E-state index in [9.17, 15) is 13.2 Å². The predicted octanol–water partition coefficient (Wildman–Crippen LogP) is 2.52. The van der Waals surface area contributed by atoms with Crippen molar-refractivity contribution in [3.05, 3.63) is 29.8 Å². The van der Waals surface area contributed by atoms with Crippen molar-refractivity contribution in [2.24, 2.45) is 5.92 Å². The van der Waals surface area contributed by atoms with Gasteiger partial charge in [0.2, 0.25) is 15.9 Å². The quantitative estimate of drug-likeness (QED) is 0.790. The lowest BCUT2D eigenvalue weighted by Crippen LogP contribution is -2.35. The maximum Gasteiger partial charge on any atom is 0.243 e. The minimum atomic E-state index is -3.40. The van der Waals surface area contributed by atoms with Crippen molar-refractivity contribution in [2.75, 3.05) is 26.7 Å². The molecule has 1 saturated heterocycles. The molecule has 0 N–H and O–H groups in total. The highest BCUT2D eigenvalue weighted by Crippen LogP contribution is 2.21. The van der Waals surface area contributed by atoms with Crippen LogP contribution in [-0.4, -0.2) is 50.2 Å². The Morgan fingerprint density at radius 1 is 1.12 bits per heavy atom. The number of benzene rings is 1. The van der Waals surface area contributed by atoms with Gasteiger partial charge in [-0.15, -0.1) is 0 Å². The van der Waals surface area contributed by atoms with E-state index in [1.165, 1.54) is 0 Å². The highest BCUT2D eigenvalue weighted by atomic mass is 32.2. The number of piperidine rings is 1. The van der Waals surface area contributed by atoms with Gasteiger partial charge in [0.05, 0.1) is 11.3 Å². The average molecular weight is 353 g/mol. The van der Waals surface area contributed by atoms with Crippen molar-refractivity contribution in [2.45, 2.75) is 44.4 Å². The van der Waals surface area contributed by atoms with Gasteiger partial charge in [-0.3, -0.25) is 4.79 Å². The molecular weight excluding hydrogens is 324 g/mol. The van der Waals surface area contributed by atoms with Crippen LogP contribution in [0.1, 0.15) is 38.7 Å². The van der Waals surface area contributed by atoms with Crippen molar-refractivity contribution in [1.82, 2.24) is 9.21 Å². The Hall–Kier alpha value is -1.40. The monoisotopic (exact) mass is 352 g/mol. The van der Waals surface area contributed by atoms with Crippen LogP contribution < -0.4 is 0 Å². The first-order valence-electron chi connectivity index (χ1n) is 8.64. The van der Waals surface area contributed by atoms with Crippen molar-refractivity contribution in [3.63, 3.8) is 0 Å². The third-order valence-corrected chi connectivity index (χ3v) is 6.21. The van der Waals surface area contributed by atoms with Gasteiger partial charge in [0.1, 0.15) is 0 Å². The van der Waals surface area contributed by atoms with Crippen molar-refractivity contribution < 1.29 is 13.2 Å². The summed E-state index contributed by atoms with van der Waals surface area (Å²) in [5.41, 5.74) is 0.841. The SMILES string of the molecule is CC(C)CN(C)C(=O)Cc1ccc(S(=O)(=O)N2CCCCC2)cc1. The molecule has 0 radical (unpaired) electrons. The summed E-state index contributed by atoms with van der Waals surface area (Å²) in [4.78, 5) is 14.2. The molecule has 1 aromatic carbocycles. The third kappa shape index (κ3) is 4.80. The van der Waals surface area contributed by atoms with Crippen LogP contribution in [0.5, 0.6) is 0 Å². The molecule has 0 aliphatic carbocycles. The van der Waals surface area contributed by atoms with Gasteiger partial charge in [-0.2, -0.15) is 4.31 Å². The van der Waals surface area contributed by atoms with Gasteiger partial charge in [0, 0.05) is 26.7 Å². The first-order valence-corrected chi connectivity index (χ1v) is 10.1. The smallest absolute Gasteiger partial charge is 0.243 e. The van der Waals surface area contributed by atoms with Gasteiger partial charge < -0.3 is 4.90 Å². The molecule has 0 saturated carbocycles. The summed E-state index contributed by atoms with van der Waals surface area (Å²) in [5.74, 6) is 0.478. The number of carbonyl (C=O) groups is 1. The lowest BCUT2D eigenvalue weighted by Gasteiger charge is -2.26. The van der Waals surface area contributed by atoms with E-state index in [0.717, 1.165) is 31.4 Å². The summed E-state index contributed by atoms with van der Waals surface area (Å²) in [5, 5.41) is 0. The molecule has 1 amide bonds. The normalized spacial score (nSPS) is 16.3. The number of likely N-dealkylation sites (N-methyl/N-ethyl adjacent to an activating group) is 1. The fourth-order valence-electron chi connectivity index (χ4n) is 2.99. The minimum Gasteiger partial charge on any atom is -0.345 e. The second kappa shape index (κ2) is 8.12. The van der Waals surface area contributed by atoms with Gasteiger partial charge in [0.25, 0.3) is 0 Å². The molecule has 2 rings (SSSR count). The lowest BCUT2D eigenvalue weighted by atomic mass is 10.1. The summed E-state index contributed by atoms with van der Waals surface area (Å²) >= 11 is 0. The number of nitrogens with zero attached hydrogens (tertiary/aromatic N) is 2. The molecule has 134 valence electrons. The van der Waals surface area contributed by atoms with Crippen LogP contribution in [0.2, 0.25) is 0 Å². The highest BCUT2D eigenvalue weighted by Gasteiger charge is 2.25. The number of rotatable bonds is 6. The molecule has 1 heterocycles. The Morgan fingerprint density at radius 2 is 1.71 bits per heavy atom. The molecule has 6 heteroatoms. The highest BCUT2D eigenvalue weighted by molar-refractivity contribution is 7.89. The maximum absolute atomic E-state index is 12.6. The zero-order chi connectivity index (χ0) is 17.7. The molecule has 1 aromatic rings. The minimum absolute atomic E-state index is 0.0512. The summed E-state index contributed by atoms with van der Waals surface area (Å²) in [6, 6.07) is 6.74. The van der Waals surface area contributed by atoms with E-state index in [1.807, 2.05) is 0 Å². The first-order chi connectivity index (χ1) is 11.3.